The molecule has 2 aliphatic rings. The molecule has 3 rings (SSSR count). The molecule has 0 heterocycles. The quantitative estimate of drug-likeness (QED) is 0.746. The number of nitrogens with one attached hydrogen (secondary N) is 2. The number of anilines is 2. The predicted molar refractivity (Wildman–Crippen MR) is 94.4 cm³/mol. The Morgan fingerprint density at radius 1 is 1.12 bits per heavy atom. The van der Waals surface area contributed by atoms with E-state index in [1.54, 1.807) is 32.0 Å². The number of carboxylic acid groups (broad SMARTS) is 1. The van der Waals surface area contributed by atoms with Crippen LogP contribution >= 0.6 is 11.6 Å². The van der Waals surface area contributed by atoms with Crippen LogP contribution in [-0.4, -0.2) is 22.9 Å². The first-order valence-electron chi connectivity index (χ1n) is 8.36. The summed E-state index contributed by atoms with van der Waals surface area (Å²) in [7, 11) is 0. The van der Waals surface area contributed by atoms with Gasteiger partial charge in [0.1, 0.15) is 0 Å². The Morgan fingerprint density at radius 3 is 2.32 bits per heavy atom. The van der Waals surface area contributed by atoms with E-state index in [0.29, 0.717) is 16.4 Å². The Balaban J connectivity index is 1.70. The van der Waals surface area contributed by atoms with Gasteiger partial charge in [-0.3, -0.25) is 14.4 Å². The van der Waals surface area contributed by atoms with E-state index in [1.165, 1.54) is 0 Å². The van der Waals surface area contributed by atoms with Gasteiger partial charge in [-0.05, 0) is 36.5 Å². The maximum atomic E-state index is 12.4. The van der Waals surface area contributed by atoms with E-state index in [9.17, 15) is 19.5 Å². The van der Waals surface area contributed by atoms with Gasteiger partial charge in [-0.25, -0.2) is 0 Å². The minimum Gasteiger partial charge on any atom is -0.481 e. The van der Waals surface area contributed by atoms with Gasteiger partial charge in [0.15, 0.2) is 0 Å². The number of halogens is 1. The molecule has 7 heteroatoms. The molecule has 6 nitrogen and oxygen atoms in total. The van der Waals surface area contributed by atoms with Crippen LogP contribution in [0.1, 0.15) is 33.1 Å². The van der Waals surface area contributed by atoms with E-state index in [1.807, 2.05) is 0 Å². The summed E-state index contributed by atoms with van der Waals surface area (Å²) < 4.78 is 0. The van der Waals surface area contributed by atoms with Gasteiger partial charge < -0.3 is 15.7 Å². The van der Waals surface area contributed by atoms with Crippen LogP contribution < -0.4 is 10.6 Å². The molecule has 0 saturated heterocycles. The van der Waals surface area contributed by atoms with Crippen molar-refractivity contribution in [1.29, 1.82) is 0 Å². The highest BCUT2D eigenvalue weighted by Gasteiger charge is 2.65. The molecular formula is C18H21ClN2O4. The van der Waals surface area contributed by atoms with Crippen molar-refractivity contribution in [2.75, 3.05) is 10.6 Å². The molecule has 0 bridgehead atoms. The van der Waals surface area contributed by atoms with Gasteiger partial charge in [0.25, 0.3) is 0 Å². The van der Waals surface area contributed by atoms with Crippen molar-refractivity contribution in [3.05, 3.63) is 23.2 Å². The van der Waals surface area contributed by atoms with Crippen molar-refractivity contribution in [2.24, 2.45) is 23.2 Å². The zero-order chi connectivity index (χ0) is 18.4. The summed E-state index contributed by atoms with van der Waals surface area (Å²) in [5, 5.41) is 15.1. The Kier molecular flexibility index (Phi) is 4.49. The lowest BCUT2D eigenvalue weighted by Crippen LogP contribution is -2.28. The lowest BCUT2D eigenvalue weighted by molar-refractivity contribution is -0.140. The largest absolute Gasteiger partial charge is 0.481 e. The SMILES string of the molecule is CC1(C)[C@H](C(=O)O)[C@@H]1C(=O)Nc1cc(NC(=O)C2CCC2)ccc1Cl. The second-order valence-corrected chi connectivity index (χ2v) is 7.82. The maximum absolute atomic E-state index is 12.4. The molecule has 0 unspecified atom stereocenters. The molecule has 2 aliphatic carbocycles. The topological polar surface area (TPSA) is 95.5 Å². The van der Waals surface area contributed by atoms with Crippen molar-refractivity contribution < 1.29 is 19.5 Å². The second kappa shape index (κ2) is 6.33. The Labute approximate surface area is 150 Å². The van der Waals surface area contributed by atoms with Crippen molar-refractivity contribution in [2.45, 2.75) is 33.1 Å². The van der Waals surface area contributed by atoms with Crippen LogP contribution in [-0.2, 0) is 14.4 Å². The van der Waals surface area contributed by atoms with E-state index in [4.69, 9.17) is 11.6 Å². The number of carbonyl (C=O) groups is 3. The number of hydrogen-bond donors (Lipinski definition) is 3. The van der Waals surface area contributed by atoms with Crippen molar-refractivity contribution in [3.63, 3.8) is 0 Å². The zero-order valence-electron chi connectivity index (χ0n) is 14.1. The predicted octanol–water partition coefficient (Wildman–Crippen LogP) is 3.37. The summed E-state index contributed by atoms with van der Waals surface area (Å²) in [6.45, 7) is 3.51. The average Bonchev–Trinajstić information content (AvgIpc) is 3.03. The lowest BCUT2D eigenvalue weighted by Gasteiger charge is -2.24. The van der Waals surface area contributed by atoms with Crippen molar-refractivity contribution in [3.8, 4) is 0 Å². The molecule has 0 spiro atoms. The molecule has 2 atom stereocenters. The maximum Gasteiger partial charge on any atom is 0.307 e. The Bertz CT molecular complexity index is 743. The molecule has 0 aliphatic heterocycles. The van der Waals surface area contributed by atoms with Gasteiger partial charge in [0.05, 0.1) is 22.5 Å². The van der Waals surface area contributed by atoms with Gasteiger partial charge in [-0.15, -0.1) is 0 Å². The molecule has 2 amide bonds. The van der Waals surface area contributed by atoms with Crippen LogP contribution in [0.3, 0.4) is 0 Å². The molecule has 2 fully saturated rings. The number of carboxylic acids is 1. The van der Waals surface area contributed by atoms with Gasteiger partial charge in [-0.2, -0.15) is 0 Å². The molecule has 2 saturated carbocycles. The Hall–Kier alpha value is -2.08. The number of rotatable bonds is 5. The van der Waals surface area contributed by atoms with E-state index >= 15 is 0 Å². The smallest absolute Gasteiger partial charge is 0.307 e. The monoisotopic (exact) mass is 364 g/mol. The molecule has 134 valence electrons. The third kappa shape index (κ3) is 3.35. The number of carbonyl (C=O) groups excluding carboxylic acids is 2. The van der Waals surface area contributed by atoms with Crippen LogP contribution in [0.15, 0.2) is 18.2 Å². The van der Waals surface area contributed by atoms with Crippen LogP contribution in [0.4, 0.5) is 11.4 Å². The molecule has 0 aromatic heterocycles. The second-order valence-electron chi connectivity index (χ2n) is 7.42. The fourth-order valence-electron chi connectivity index (χ4n) is 3.41. The van der Waals surface area contributed by atoms with E-state index in [-0.39, 0.29) is 17.7 Å². The van der Waals surface area contributed by atoms with Gasteiger partial charge in [-0.1, -0.05) is 31.9 Å². The highest BCUT2D eigenvalue weighted by molar-refractivity contribution is 6.34. The summed E-state index contributed by atoms with van der Waals surface area (Å²) in [4.78, 5) is 35.7. The first kappa shape index (κ1) is 17.7. The van der Waals surface area contributed by atoms with Crippen LogP contribution in [0.2, 0.25) is 5.02 Å². The zero-order valence-corrected chi connectivity index (χ0v) is 14.9. The third-order valence-corrected chi connectivity index (χ3v) is 5.67. The molecule has 3 N–H and O–H groups in total. The molecule has 0 radical (unpaired) electrons. The fourth-order valence-corrected chi connectivity index (χ4v) is 3.58. The van der Waals surface area contributed by atoms with E-state index in [2.05, 4.69) is 10.6 Å². The van der Waals surface area contributed by atoms with Gasteiger partial charge in [0, 0.05) is 11.6 Å². The minimum atomic E-state index is -0.974. The van der Waals surface area contributed by atoms with Crippen molar-refractivity contribution in [1.82, 2.24) is 0 Å². The van der Waals surface area contributed by atoms with Crippen molar-refractivity contribution >= 4 is 40.8 Å². The summed E-state index contributed by atoms with van der Waals surface area (Å²) in [5.74, 6) is -2.63. The minimum absolute atomic E-state index is 0.0277. The molecular weight excluding hydrogens is 344 g/mol. The number of hydrogen-bond acceptors (Lipinski definition) is 3. The number of amides is 2. The molecule has 25 heavy (non-hydrogen) atoms. The standard InChI is InChI=1S/C18H21ClN2O4/c1-18(2)13(14(18)17(24)25)16(23)21-12-8-10(6-7-11(12)19)20-15(22)9-4-3-5-9/h6-9,13-14H,3-5H2,1-2H3,(H,20,22)(H,21,23)(H,24,25)/t13-,14+/m1/s1. The number of aliphatic carboxylic acids is 1. The highest BCUT2D eigenvalue weighted by Crippen LogP contribution is 2.58. The van der Waals surface area contributed by atoms with Crippen LogP contribution in [0, 0.1) is 23.2 Å². The van der Waals surface area contributed by atoms with Gasteiger partial charge >= 0.3 is 5.97 Å². The highest BCUT2D eigenvalue weighted by atomic mass is 35.5. The van der Waals surface area contributed by atoms with Crippen LogP contribution in [0.5, 0.6) is 0 Å². The number of benzene rings is 1. The Morgan fingerprint density at radius 2 is 1.80 bits per heavy atom. The van der Waals surface area contributed by atoms with E-state index < -0.39 is 23.2 Å². The fraction of sp³-hybridized carbons (Fsp3) is 0.500. The summed E-state index contributed by atoms with van der Waals surface area (Å²) in [5.41, 5.74) is 0.338. The summed E-state index contributed by atoms with van der Waals surface area (Å²) in [6, 6.07) is 4.87. The first-order chi connectivity index (χ1) is 11.7. The first-order valence-corrected chi connectivity index (χ1v) is 8.73. The normalized spacial score (nSPS) is 24.1. The van der Waals surface area contributed by atoms with E-state index in [0.717, 1.165) is 19.3 Å². The summed E-state index contributed by atoms with van der Waals surface area (Å²) >= 11 is 6.13. The lowest BCUT2D eigenvalue weighted by atomic mass is 9.85. The third-order valence-electron chi connectivity index (χ3n) is 5.34. The molecule has 1 aromatic rings. The summed E-state index contributed by atoms with van der Waals surface area (Å²) in [6.07, 6.45) is 2.87. The van der Waals surface area contributed by atoms with Crippen LogP contribution in [0.25, 0.3) is 0 Å². The molecule has 1 aromatic carbocycles. The van der Waals surface area contributed by atoms with Gasteiger partial charge in [0.2, 0.25) is 11.8 Å². The average molecular weight is 365 g/mol.